The number of rotatable bonds is 2. The monoisotopic (exact) mass is 237 g/mol. The van der Waals surface area contributed by atoms with E-state index in [-0.39, 0.29) is 23.7 Å². The number of halogens is 1. The standard InChI is InChI=1S/C11H12ClN3O/c12-9-4-2-1-3-6(9)7-5-8(7)10(16)15-11(13)14/h1-4,7-8H,5H2,(H4,13,14,15,16)/t7-,8+/m1/s1. The van der Waals surface area contributed by atoms with Gasteiger partial charge in [-0.25, -0.2) is 0 Å². The molecule has 1 fully saturated rings. The summed E-state index contributed by atoms with van der Waals surface area (Å²) < 4.78 is 0. The summed E-state index contributed by atoms with van der Waals surface area (Å²) in [5, 5.41) is 0.688. The van der Waals surface area contributed by atoms with E-state index in [9.17, 15) is 4.79 Å². The maximum atomic E-state index is 11.5. The van der Waals surface area contributed by atoms with Crippen molar-refractivity contribution in [3.05, 3.63) is 34.9 Å². The third-order valence-electron chi connectivity index (χ3n) is 2.65. The largest absolute Gasteiger partial charge is 0.370 e. The summed E-state index contributed by atoms with van der Waals surface area (Å²) in [6.45, 7) is 0. The Morgan fingerprint density at radius 1 is 1.38 bits per heavy atom. The summed E-state index contributed by atoms with van der Waals surface area (Å²) in [6.07, 6.45) is 0.763. The van der Waals surface area contributed by atoms with E-state index >= 15 is 0 Å². The molecule has 0 bridgehead atoms. The lowest BCUT2D eigenvalue weighted by atomic mass is 10.1. The highest BCUT2D eigenvalue weighted by Crippen LogP contribution is 2.50. The topological polar surface area (TPSA) is 81.5 Å². The van der Waals surface area contributed by atoms with Gasteiger partial charge >= 0.3 is 0 Å². The number of hydrogen-bond acceptors (Lipinski definition) is 1. The van der Waals surface area contributed by atoms with E-state index in [1.54, 1.807) is 0 Å². The highest BCUT2D eigenvalue weighted by atomic mass is 35.5. The molecule has 84 valence electrons. The van der Waals surface area contributed by atoms with Crippen molar-refractivity contribution in [3.8, 4) is 0 Å². The number of guanidine groups is 1. The Kier molecular flexibility index (Phi) is 2.83. The SMILES string of the molecule is NC(N)=NC(=O)[C@H]1C[C@@H]1c1ccccc1Cl. The Morgan fingerprint density at radius 2 is 2.06 bits per heavy atom. The first-order chi connectivity index (χ1) is 7.59. The minimum absolute atomic E-state index is 0.123. The summed E-state index contributed by atoms with van der Waals surface area (Å²) in [5.74, 6) is -0.411. The van der Waals surface area contributed by atoms with Crippen molar-refractivity contribution in [2.24, 2.45) is 22.4 Å². The molecule has 0 aromatic heterocycles. The Bertz CT molecular complexity index is 454. The van der Waals surface area contributed by atoms with Crippen LogP contribution in [0.5, 0.6) is 0 Å². The van der Waals surface area contributed by atoms with Crippen LogP contribution in [0.15, 0.2) is 29.3 Å². The van der Waals surface area contributed by atoms with Crippen LogP contribution < -0.4 is 11.5 Å². The highest BCUT2D eigenvalue weighted by Gasteiger charge is 2.44. The minimum atomic E-state index is -0.259. The quantitative estimate of drug-likeness (QED) is 0.600. The molecule has 1 aliphatic carbocycles. The van der Waals surface area contributed by atoms with E-state index < -0.39 is 0 Å². The van der Waals surface area contributed by atoms with E-state index in [2.05, 4.69) is 4.99 Å². The normalized spacial score (nSPS) is 22.6. The van der Waals surface area contributed by atoms with Gasteiger partial charge in [0.15, 0.2) is 5.96 Å². The smallest absolute Gasteiger partial charge is 0.252 e. The lowest BCUT2D eigenvalue weighted by Crippen LogP contribution is -2.24. The molecule has 1 aliphatic rings. The van der Waals surface area contributed by atoms with Crippen molar-refractivity contribution in [3.63, 3.8) is 0 Å². The second-order valence-corrected chi connectivity index (χ2v) is 4.25. The molecule has 0 unspecified atom stereocenters. The fraction of sp³-hybridized carbons (Fsp3) is 0.273. The molecule has 4 nitrogen and oxygen atoms in total. The molecular weight excluding hydrogens is 226 g/mol. The van der Waals surface area contributed by atoms with Crippen LogP contribution in [0, 0.1) is 5.92 Å². The molecule has 16 heavy (non-hydrogen) atoms. The number of nitrogens with zero attached hydrogens (tertiary/aromatic N) is 1. The maximum Gasteiger partial charge on any atom is 0.252 e. The van der Waals surface area contributed by atoms with Gasteiger partial charge in [0.1, 0.15) is 0 Å². The van der Waals surface area contributed by atoms with Crippen LogP contribution in [-0.2, 0) is 4.79 Å². The van der Waals surface area contributed by atoms with E-state index in [1.165, 1.54) is 0 Å². The molecule has 1 saturated carbocycles. The molecular formula is C11H12ClN3O. The van der Waals surface area contributed by atoms with Crippen LogP contribution in [-0.4, -0.2) is 11.9 Å². The minimum Gasteiger partial charge on any atom is -0.370 e. The molecule has 0 heterocycles. The predicted octanol–water partition coefficient (Wildman–Crippen LogP) is 1.24. The Balaban J connectivity index is 2.10. The number of aliphatic imine (C=N–C) groups is 1. The van der Waals surface area contributed by atoms with Gasteiger partial charge < -0.3 is 11.5 Å². The average Bonchev–Trinajstić information content (AvgIpc) is 2.97. The number of nitrogens with two attached hydrogens (primary N) is 2. The van der Waals surface area contributed by atoms with Crippen molar-refractivity contribution < 1.29 is 4.79 Å². The Hall–Kier alpha value is -1.55. The highest BCUT2D eigenvalue weighted by molar-refractivity contribution is 6.31. The zero-order valence-corrected chi connectivity index (χ0v) is 9.32. The third-order valence-corrected chi connectivity index (χ3v) is 3.00. The predicted molar refractivity (Wildman–Crippen MR) is 63.1 cm³/mol. The van der Waals surface area contributed by atoms with E-state index in [4.69, 9.17) is 23.1 Å². The fourth-order valence-electron chi connectivity index (χ4n) is 1.80. The molecule has 2 rings (SSSR count). The van der Waals surface area contributed by atoms with Gasteiger partial charge in [-0.1, -0.05) is 29.8 Å². The molecule has 0 spiro atoms. The van der Waals surface area contributed by atoms with Crippen LogP contribution in [0.4, 0.5) is 0 Å². The number of carbonyl (C=O) groups excluding carboxylic acids is 1. The molecule has 5 heteroatoms. The number of amides is 1. The molecule has 0 radical (unpaired) electrons. The number of benzene rings is 1. The van der Waals surface area contributed by atoms with Gasteiger partial charge in [-0.3, -0.25) is 4.79 Å². The molecule has 1 aromatic carbocycles. The van der Waals surface area contributed by atoms with Crippen LogP contribution in [0.1, 0.15) is 17.9 Å². The van der Waals surface area contributed by atoms with Crippen LogP contribution >= 0.6 is 11.6 Å². The van der Waals surface area contributed by atoms with E-state index in [1.807, 2.05) is 24.3 Å². The summed E-state index contributed by atoms with van der Waals surface area (Å²) in [4.78, 5) is 15.1. The van der Waals surface area contributed by atoms with Gasteiger partial charge in [-0.05, 0) is 24.0 Å². The lowest BCUT2D eigenvalue weighted by Gasteiger charge is -2.01. The zero-order chi connectivity index (χ0) is 11.7. The summed E-state index contributed by atoms with van der Waals surface area (Å²) in [5.41, 5.74) is 11.3. The van der Waals surface area contributed by atoms with Gasteiger partial charge in [-0.15, -0.1) is 0 Å². The summed E-state index contributed by atoms with van der Waals surface area (Å²) in [6, 6.07) is 7.51. The molecule has 2 atom stereocenters. The summed E-state index contributed by atoms with van der Waals surface area (Å²) in [7, 11) is 0. The number of hydrogen-bond donors (Lipinski definition) is 2. The number of carbonyl (C=O) groups is 1. The van der Waals surface area contributed by atoms with E-state index in [0.717, 1.165) is 12.0 Å². The fourth-order valence-corrected chi connectivity index (χ4v) is 2.07. The van der Waals surface area contributed by atoms with Gasteiger partial charge in [0, 0.05) is 10.9 Å². The molecule has 4 N–H and O–H groups in total. The first kappa shape index (κ1) is 11.0. The van der Waals surface area contributed by atoms with Crippen molar-refractivity contribution in [2.45, 2.75) is 12.3 Å². The molecule has 0 saturated heterocycles. The molecule has 1 amide bonds. The van der Waals surface area contributed by atoms with E-state index in [0.29, 0.717) is 5.02 Å². The summed E-state index contributed by atoms with van der Waals surface area (Å²) >= 11 is 6.04. The average molecular weight is 238 g/mol. The van der Waals surface area contributed by atoms with Crippen molar-refractivity contribution in [1.29, 1.82) is 0 Å². The molecule has 0 aliphatic heterocycles. The van der Waals surface area contributed by atoms with Crippen LogP contribution in [0.2, 0.25) is 5.02 Å². The van der Waals surface area contributed by atoms with Gasteiger partial charge in [0.2, 0.25) is 0 Å². The second-order valence-electron chi connectivity index (χ2n) is 3.85. The third kappa shape index (κ3) is 2.17. The van der Waals surface area contributed by atoms with Crippen molar-refractivity contribution in [2.75, 3.05) is 0 Å². The Labute approximate surface area is 98.3 Å². The van der Waals surface area contributed by atoms with Crippen LogP contribution in [0.25, 0.3) is 0 Å². The first-order valence-corrected chi connectivity index (χ1v) is 5.35. The van der Waals surface area contributed by atoms with Gasteiger partial charge in [-0.2, -0.15) is 4.99 Å². The van der Waals surface area contributed by atoms with Crippen LogP contribution in [0.3, 0.4) is 0 Å². The maximum absolute atomic E-state index is 11.5. The van der Waals surface area contributed by atoms with Crippen molar-refractivity contribution in [1.82, 2.24) is 0 Å². The molecule has 1 aromatic rings. The lowest BCUT2D eigenvalue weighted by molar-refractivity contribution is -0.119. The zero-order valence-electron chi connectivity index (χ0n) is 8.56. The first-order valence-electron chi connectivity index (χ1n) is 4.97. The van der Waals surface area contributed by atoms with Crippen molar-refractivity contribution >= 4 is 23.5 Å². The second kappa shape index (κ2) is 4.14. The van der Waals surface area contributed by atoms with Gasteiger partial charge in [0.25, 0.3) is 5.91 Å². The Morgan fingerprint density at radius 3 is 2.69 bits per heavy atom. The van der Waals surface area contributed by atoms with Gasteiger partial charge in [0.05, 0.1) is 0 Å².